The largest absolute Gasteiger partial charge is 0.465 e. The highest BCUT2D eigenvalue weighted by molar-refractivity contribution is 5.91. The van der Waals surface area contributed by atoms with E-state index in [-0.39, 0.29) is 16.9 Å². The molecule has 0 fully saturated rings. The lowest BCUT2D eigenvalue weighted by atomic mass is 10.1. The Balaban J connectivity index is 2.40. The minimum atomic E-state index is -0.554. The number of rotatable bonds is 9. The second-order valence-corrected chi connectivity index (χ2v) is 6.90. The first-order valence-electron chi connectivity index (χ1n) is 8.71. The van der Waals surface area contributed by atoms with Crippen molar-refractivity contribution in [2.24, 2.45) is 0 Å². The molecule has 1 rings (SSSR count). The predicted octanol–water partition coefficient (Wildman–Crippen LogP) is 3.49. The summed E-state index contributed by atoms with van der Waals surface area (Å²) in [5, 5.41) is 16.8. The normalized spacial score (nSPS) is 10.8. The summed E-state index contributed by atoms with van der Waals surface area (Å²) in [7, 11) is 1.25. The second kappa shape index (κ2) is 10.3. The van der Waals surface area contributed by atoms with Gasteiger partial charge in [0, 0.05) is 19.2 Å². The third-order valence-corrected chi connectivity index (χ3v) is 3.45. The van der Waals surface area contributed by atoms with Crippen molar-refractivity contribution in [3.8, 4) is 0 Å². The van der Waals surface area contributed by atoms with Crippen molar-refractivity contribution in [2.75, 3.05) is 25.5 Å². The Morgan fingerprint density at radius 2 is 1.81 bits per heavy atom. The Bertz CT molecular complexity index is 670. The van der Waals surface area contributed by atoms with E-state index in [1.807, 2.05) is 0 Å². The Hall–Kier alpha value is -2.84. The minimum Gasteiger partial charge on any atom is -0.465 e. The van der Waals surface area contributed by atoms with Crippen molar-refractivity contribution in [3.63, 3.8) is 0 Å². The fourth-order valence-electron chi connectivity index (χ4n) is 2.24. The number of benzene rings is 1. The van der Waals surface area contributed by atoms with Crippen molar-refractivity contribution < 1.29 is 24.0 Å². The average molecular weight is 381 g/mol. The fraction of sp³-hybridized carbons (Fsp3) is 0.556. The molecule has 150 valence electrons. The summed E-state index contributed by atoms with van der Waals surface area (Å²) < 4.78 is 9.76. The maximum Gasteiger partial charge on any atom is 0.407 e. The molecule has 9 nitrogen and oxygen atoms in total. The Labute approximate surface area is 158 Å². The molecule has 0 aliphatic heterocycles. The third kappa shape index (κ3) is 8.39. The molecule has 27 heavy (non-hydrogen) atoms. The molecule has 0 unspecified atom stereocenters. The predicted molar refractivity (Wildman–Crippen MR) is 101 cm³/mol. The first-order valence-corrected chi connectivity index (χ1v) is 8.71. The number of nitrogens with one attached hydrogen (secondary N) is 2. The Morgan fingerprint density at radius 3 is 2.41 bits per heavy atom. The van der Waals surface area contributed by atoms with Crippen LogP contribution in [0, 0.1) is 10.1 Å². The summed E-state index contributed by atoms with van der Waals surface area (Å²) in [6, 6.07) is 4.05. The molecule has 0 heterocycles. The number of amides is 1. The van der Waals surface area contributed by atoms with Gasteiger partial charge in [0.05, 0.1) is 17.6 Å². The van der Waals surface area contributed by atoms with Crippen molar-refractivity contribution >= 4 is 23.4 Å². The molecule has 1 amide bonds. The van der Waals surface area contributed by atoms with E-state index >= 15 is 0 Å². The molecular formula is C18H27N3O6. The lowest BCUT2D eigenvalue weighted by Gasteiger charge is -2.19. The van der Waals surface area contributed by atoms with Crippen LogP contribution in [-0.2, 0) is 9.47 Å². The van der Waals surface area contributed by atoms with Gasteiger partial charge in [-0.3, -0.25) is 10.1 Å². The van der Waals surface area contributed by atoms with Gasteiger partial charge in [-0.15, -0.1) is 0 Å². The van der Waals surface area contributed by atoms with E-state index in [1.54, 1.807) is 20.8 Å². The van der Waals surface area contributed by atoms with Crippen LogP contribution in [-0.4, -0.2) is 42.8 Å². The zero-order chi connectivity index (χ0) is 20.4. The van der Waals surface area contributed by atoms with Crippen LogP contribution in [0.15, 0.2) is 18.2 Å². The number of methoxy groups -OCH3 is 1. The molecule has 1 aromatic carbocycles. The number of hydrogen-bond donors (Lipinski definition) is 2. The highest BCUT2D eigenvalue weighted by Crippen LogP contribution is 2.25. The molecule has 1 aromatic rings. The summed E-state index contributed by atoms with van der Waals surface area (Å²) >= 11 is 0. The van der Waals surface area contributed by atoms with Crippen LogP contribution in [0.3, 0.4) is 0 Å². The molecule has 0 spiro atoms. The standard InChI is InChI=1S/C18H27N3O6/c1-18(2,3)27-17(23)20-11-7-5-6-10-19-14-12-13(16(22)26-4)8-9-15(14)21(24)25/h8-9,12,19H,5-7,10-11H2,1-4H3,(H,20,23). The third-order valence-electron chi connectivity index (χ3n) is 3.45. The number of carbonyl (C=O) groups is 2. The highest BCUT2D eigenvalue weighted by atomic mass is 16.6. The van der Waals surface area contributed by atoms with Gasteiger partial charge in [0.2, 0.25) is 0 Å². The SMILES string of the molecule is COC(=O)c1ccc([N+](=O)[O-])c(NCCCCCNC(=O)OC(C)(C)C)c1. The van der Waals surface area contributed by atoms with E-state index in [1.165, 1.54) is 25.3 Å². The molecular weight excluding hydrogens is 354 g/mol. The smallest absolute Gasteiger partial charge is 0.407 e. The molecule has 9 heteroatoms. The maximum absolute atomic E-state index is 11.6. The lowest BCUT2D eigenvalue weighted by Crippen LogP contribution is -2.33. The minimum absolute atomic E-state index is 0.103. The quantitative estimate of drug-likeness (QED) is 0.291. The average Bonchev–Trinajstić information content (AvgIpc) is 2.58. The lowest BCUT2D eigenvalue weighted by molar-refractivity contribution is -0.384. The zero-order valence-corrected chi connectivity index (χ0v) is 16.2. The van der Waals surface area contributed by atoms with Crippen LogP contribution < -0.4 is 10.6 Å². The fourth-order valence-corrected chi connectivity index (χ4v) is 2.24. The van der Waals surface area contributed by atoms with Crippen molar-refractivity contribution in [3.05, 3.63) is 33.9 Å². The van der Waals surface area contributed by atoms with Crippen LogP contribution in [0.4, 0.5) is 16.2 Å². The zero-order valence-electron chi connectivity index (χ0n) is 16.2. The molecule has 0 atom stereocenters. The summed E-state index contributed by atoms with van der Waals surface area (Å²) in [6.07, 6.45) is 1.87. The molecule has 0 aliphatic rings. The van der Waals surface area contributed by atoms with Gasteiger partial charge in [-0.25, -0.2) is 9.59 Å². The summed E-state index contributed by atoms with van der Waals surface area (Å²) in [4.78, 5) is 33.7. The molecule has 0 radical (unpaired) electrons. The van der Waals surface area contributed by atoms with Crippen LogP contribution >= 0.6 is 0 Å². The van der Waals surface area contributed by atoms with Gasteiger partial charge < -0.3 is 20.1 Å². The molecule has 2 N–H and O–H groups in total. The van der Waals surface area contributed by atoms with Crippen LogP contribution in [0.2, 0.25) is 0 Å². The van der Waals surface area contributed by atoms with Crippen molar-refractivity contribution in [1.29, 1.82) is 0 Å². The number of nitro groups is 1. The molecule has 0 saturated heterocycles. The number of anilines is 1. The number of alkyl carbamates (subject to hydrolysis) is 1. The van der Waals surface area contributed by atoms with E-state index in [9.17, 15) is 19.7 Å². The number of nitro benzene ring substituents is 1. The van der Waals surface area contributed by atoms with E-state index in [2.05, 4.69) is 15.4 Å². The number of hydrogen-bond acceptors (Lipinski definition) is 7. The van der Waals surface area contributed by atoms with Gasteiger partial charge in [0.1, 0.15) is 11.3 Å². The van der Waals surface area contributed by atoms with Crippen LogP contribution in [0.1, 0.15) is 50.4 Å². The van der Waals surface area contributed by atoms with Gasteiger partial charge in [0.15, 0.2) is 0 Å². The summed E-state index contributed by atoms with van der Waals surface area (Å²) in [5.74, 6) is -0.554. The Morgan fingerprint density at radius 1 is 1.15 bits per heavy atom. The van der Waals surface area contributed by atoms with Gasteiger partial charge in [-0.05, 0) is 52.2 Å². The van der Waals surface area contributed by atoms with Crippen LogP contribution in [0.5, 0.6) is 0 Å². The second-order valence-electron chi connectivity index (χ2n) is 6.90. The number of ether oxygens (including phenoxy) is 2. The van der Waals surface area contributed by atoms with Gasteiger partial charge >= 0.3 is 12.1 Å². The number of esters is 1. The van der Waals surface area contributed by atoms with Gasteiger partial charge in [-0.2, -0.15) is 0 Å². The first-order chi connectivity index (χ1) is 12.6. The Kier molecular flexibility index (Phi) is 8.50. The molecule has 0 aromatic heterocycles. The maximum atomic E-state index is 11.6. The van der Waals surface area contributed by atoms with Gasteiger partial charge in [0.25, 0.3) is 5.69 Å². The molecule has 0 aliphatic carbocycles. The van der Waals surface area contributed by atoms with E-state index < -0.39 is 22.6 Å². The van der Waals surface area contributed by atoms with E-state index in [0.717, 1.165) is 19.3 Å². The van der Waals surface area contributed by atoms with E-state index in [0.29, 0.717) is 13.1 Å². The van der Waals surface area contributed by atoms with Crippen molar-refractivity contribution in [2.45, 2.75) is 45.6 Å². The summed E-state index contributed by atoms with van der Waals surface area (Å²) in [6.45, 7) is 6.39. The first kappa shape index (κ1) is 22.2. The number of nitrogens with zero attached hydrogens (tertiary/aromatic N) is 1. The monoisotopic (exact) mass is 381 g/mol. The van der Waals surface area contributed by atoms with E-state index in [4.69, 9.17) is 4.74 Å². The number of carbonyl (C=O) groups excluding carboxylic acids is 2. The van der Waals surface area contributed by atoms with Gasteiger partial charge in [-0.1, -0.05) is 0 Å². The topological polar surface area (TPSA) is 120 Å². The van der Waals surface area contributed by atoms with Crippen molar-refractivity contribution in [1.82, 2.24) is 5.32 Å². The number of unbranched alkanes of at least 4 members (excludes halogenated alkanes) is 2. The summed E-state index contributed by atoms with van der Waals surface area (Å²) in [5.41, 5.74) is -0.113. The molecule has 0 saturated carbocycles. The highest BCUT2D eigenvalue weighted by Gasteiger charge is 2.17. The van der Waals surface area contributed by atoms with Crippen LogP contribution in [0.25, 0.3) is 0 Å². The molecule has 0 bridgehead atoms.